The molecule has 2 N–H and O–H groups in total. The van der Waals surface area contributed by atoms with E-state index >= 15 is 0 Å². The first-order chi connectivity index (χ1) is 18.2. The van der Waals surface area contributed by atoms with E-state index in [1.165, 1.54) is 37.2 Å². The highest BCUT2D eigenvalue weighted by atomic mass is 35.5. The average molecular weight is 553 g/mol. The molecular formula is C28H34ClN6O2P. The van der Waals surface area contributed by atoms with Crippen molar-refractivity contribution in [1.82, 2.24) is 14.9 Å². The summed E-state index contributed by atoms with van der Waals surface area (Å²) in [6.45, 7) is 8.80. The van der Waals surface area contributed by atoms with Crippen LogP contribution in [0, 0.1) is 5.41 Å². The first kappa shape index (κ1) is 25.5. The van der Waals surface area contributed by atoms with E-state index in [9.17, 15) is 4.57 Å². The van der Waals surface area contributed by atoms with Gasteiger partial charge in [-0.3, -0.25) is 0 Å². The minimum Gasteiger partial charge on any atom is -0.491 e. The number of benzene rings is 2. The zero-order valence-electron chi connectivity index (χ0n) is 22.1. The van der Waals surface area contributed by atoms with Crippen LogP contribution in [0.1, 0.15) is 18.4 Å². The summed E-state index contributed by atoms with van der Waals surface area (Å²) in [6, 6.07) is 11.8. The monoisotopic (exact) mass is 552 g/mol. The van der Waals surface area contributed by atoms with E-state index in [2.05, 4.69) is 49.6 Å². The molecule has 1 aromatic heterocycles. The molecule has 0 amide bonds. The van der Waals surface area contributed by atoms with Crippen molar-refractivity contribution in [2.45, 2.75) is 19.3 Å². The van der Waals surface area contributed by atoms with Crippen molar-refractivity contribution in [3.05, 3.63) is 53.2 Å². The van der Waals surface area contributed by atoms with E-state index in [1.807, 2.05) is 24.3 Å². The van der Waals surface area contributed by atoms with Gasteiger partial charge in [0.15, 0.2) is 5.82 Å². The third-order valence-electron chi connectivity index (χ3n) is 7.94. The molecule has 0 atom stereocenters. The zero-order chi connectivity index (χ0) is 26.5. The van der Waals surface area contributed by atoms with Gasteiger partial charge in [0.25, 0.3) is 0 Å². The van der Waals surface area contributed by atoms with Crippen LogP contribution in [0.15, 0.2) is 42.6 Å². The minimum absolute atomic E-state index is 0.379. The van der Waals surface area contributed by atoms with E-state index in [-0.39, 0.29) is 0 Å². The number of anilines is 5. The predicted octanol–water partition coefficient (Wildman–Crippen LogP) is 5.33. The number of nitrogens with one attached hydrogen (secondary N) is 2. The summed E-state index contributed by atoms with van der Waals surface area (Å²) in [7, 11) is -0.284. The number of halogens is 1. The molecule has 0 saturated carbocycles. The maximum Gasteiger partial charge on any atom is 0.229 e. The van der Waals surface area contributed by atoms with Gasteiger partial charge in [-0.2, -0.15) is 4.98 Å². The summed E-state index contributed by atoms with van der Waals surface area (Å²) >= 11 is 6.44. The second kappa shape index (κ2) is 9.74. The second-order valence-corrected chi connectivity index (χ2v) is 14.8. The van der Waals surface area contributed by atoms with Gasteiger partial charge >= 0.3 is 0 Å². The normalized spacial score (nSPS) is 18.6. The van der Waals surface area contributed by atoms with E-state index in [0.717, 1.165) is 41.9 Å². The summed E-state index contributed by atoms with van der Waals surface area (Å²) in [5.74, 6) is 1.73. The zero-order valence-corrected chi connectivity index (χ0v) is 23.8. The summed E-state index contributed by atoms with van der Waals surface area (Å²) < 4.78 is 18.9. The van der Waals surface area contributed by atoms with Gasteiger partial charge in [-0.15, -0.1) is 0 Å². The van der Waals surface area contributed by atoms with Gasteiger partial charge < -0.3 is 29.7 Å². The maximum atomic E-state index is 12.8. The van der Waals surface area contributed by atoms with Crippen molar-refractivity contribution < 1.29 is 9.30 Å². The van der Waals surface area contributed by atoms with E-state index in [0.29, 0.717) is 28.8 Å². The first-order valence-electron chi connectivity index (χ1n) is 13.1. The summed E-state index contributed by atoms with van der Waals surface area (Å²) in [6.07, 6.45) is 4.95. The van der Waals surface area contributed by atoms with Gasteiger partial charge in [0.2, 0.25) is 5.95 Å². The summed E-state index contributed by atoms with van der Waals surface area (Å²) in [5.41, 5.74) is 4.62. The number of nitrogens with zero attached hydrogens (tertiary/aromatic N) is 4. The van der Waals surface area contributed by atoms with Crippen LogP contribution in [0.3, 0.4) is 0 Å². The van der Waals surface area contributed by atoms with Crippen LogP contribution in [-0.4, -0.2) is 68.0 Å². The predicted molar refractivity (Wildman–Crippen MR) is 156 cm³/mol. The molecule has 0 bridgehead atoms. The number of aromatic nitrogens is 2. The fraction of sp³-hybridized carbons (Fsp3) is 0.429. The van der Waals surface area contributed by atoms with Crippen LogP contribution in [0.5, 0.6) is 5.75 Å². The lowest BCUT2D eigenvalue weighted by molar-refractivity contribution is 0.00130. The highest BCUT2D eigenvalue weighted by molar-refractivity contribution is 7.70. The SMILES string of the molecule is CN1CC2(CCN(c3ccc(Nc4ncc(Cl)c(Nc5ccccc5P(C)(C)=O)n4)c4c3CCO4)CC2)C1. The Morgan fingerprint density at radius 2 is 1.82 bits per heavy atom. The molecule has 8 nitrogen and oxygen atoms in total. The Morgan fingerprint density at radius 1 is 1.05 bits per heavy atom. The minimum atomic E-state index is -2.50. The van der Waals surface area contributed by atoms with Crippen molar-refractivity contribution in [2.24, 2.45) is 5.41 Å². The lowest BCUT2D eigenvalue weighted by Gasteiger charge is -2.53. The molecule has 200 valence electrons. The molecule has 0 aliphatic carbocycles. The highest BCUT2D eigenvalue weighted by Gasteiger charge is 2.43. The molecule has 1 spiro atoms. The maximum absolute atomic E-state index is 12.8. The van der Waals surface area contributed by atoms with E-state index < -0.39 is 7.14 Å². The average Bonchev–Trinajstić information content (AvgIpc) is 3.36. The van der Waals surface area contributed by atoms with Crippen LogP contribution >= 0.6 is 18.7 Å². The number of ether oxygens (including phenoxy) is 1. The Kier molecular flexibility index (Phi) is 6.53. The molecule has 0 unspecified atom stereocenters. The molecule has 3 aromatic rings. The first-order valence-corrected chi connectivity index (χ1v) is 16.1. The molecule has 2 fully saturated rings. The number of likely N-dealkylation sites (tertiary alicyclic amines) is 1. The molecule has 3 aliphatic heterocycles. The van der Waals surface area contributed by atoms with Gasteiger partial charge in [-0.05, 0) is 62.9 Å². The second-order valence-electron chi connectivity index (χ2n) is 11.2. The van der Waals surface area contributed by atoms with Gasteiger partial charge in [-0.25, -0.2) is 4.98 Å². The Morgan fingerprint density at radius 3 is 2.55 bits per heavy atom. The number of para-hydroxylation sites is 1. The van der Waals surface area contributed by atoms with E-state index in [1.54, 1.807) is 19.5 Å². The van der Waals surface area contributed by atoms with Gasteiger partial charge in [-0.1, -0.05) is 23.7 Å². The molecule has 3 aliphatic rings. The molecule has 2 aromatic carbocycles. The Labute approximate surface area is 229 Å². The third-order valence-corrected chi connectivity index (χ3v) is 9.76. The fourth-order valence-electron chi connectivity index (χ4n) is 6.12. The Balaban J connectivity index is 1.22. The highest BCUT2D eigenvalue weighted by Crippen LogP contribution is 2.45. The van der Waals surface area contributed by atoms with Crippen LogP contribution in [-0.2, 0) is 11.0 Å². The third kappa shape index (κ3) is 4.86. The number of fused-ring (bicyclic) bond motifs is 1. The smallest absolute Gasteiger partial charge is 0.229 e. The Hall–Kier alpha value is -2.80. The molecule has 10 heteroatoms. The molecule has 38 heavy (non-hydrogen) atoms. The standard InChI is InChI=1S/C28H34ClN6O2P/c1-34-17-28(18-34)11-13-35(14-12-28)23-9-8-22(25-19(23)10-15-37-25)32-27-30-16-20(29)26(33-27)31-21-6-4-5-7-24(21)38(2,3)36/h4-9,16H,10-15,17-18H2,1-3H3,(H2,30,31,32,33). The Bertz CT molecular complexity index is 1410. The van der Waals surface area contributed by atoms with Crippen molar-refractivity contribution in [3.8, 4) is 5.75 Å². The number of hydrogen-bond acceptors (Lipinski definition) is 8. The number of rotatable bonds is 6. The van der Waals surface area contributed by atoms with Gasteiger partial charge in [0, 0.05) is 49.2 Å². The van der Waals surface area contributed by atoms with Gasteiger partial charge in [0.1, 0.15) is 17.9 Å². The lowest BCUT2D eigenvalue weighted by atomic mass is 9.72. The van der Waals surface area contributed by atoms with Crippen LogP contribution in [0.4, 0.5) is 28.8 Å². The van der Waals surface area contributed by atoms with Crippen molar-refractivity contribution >= 4 is 52.9 Å². The summed E-state index contributed by atoms with van der Waals surface area (Å²) in [5, 5.41) is 7.73. The van der Waals surface area contributed by atoms with E-state index in [4.69, 9.17) is 16.3 Å². The molecule has 6 rings (SSSR count). The molecular weight excluding hydrogens is 519 g/mol. The molecule has 2 saturated heterocycles. The van der Waals surface area contributed by atoms with Crippen LogP contribution in [0.2, 0.25) is 5.02 Å². The molecule has 4 heterocycles. The largest absolute Gasteiger partial charge is 0.491 e. The summed E-state index contributed by atoms with van der Waals surface area (Å²) in [4.78, 5) is 14.0. The molecule has 0 radical (unpaired) electrons. The van der Waals surface area contributed by atoms with Crippen molar-refractivity contribution in [3.63, 3.8) is 0 Å². The van der Waals surface area contributed by atoms with Gasteiger partial charge in [0.05, 0.1) is 24.2 Å². The van der Waals surface area contributed by atoms with Crippen molar-refractivity contribution in [1.29, 1.82) is 0 Å². The van der Waals surface area contributed by atoms with Crippen molar-refractivity contribution in [2.75, 3.05) is 68.7 Å². The fourth-order valence-corrected chi connectivity index (χ4v) is 7.42. The number of piperidine rings is 1. The quantitative estimate of drug-likeness (QED) is 0.397. The topological polar surface area (TPSA) is 82.6 Å². The van der Waals surface area contributed by atoms with Crippen LogP contribution < -0.4 is 25.6 Å². The number of hydrogen-bond donors (Lipinski definition) is 2. The van der Waals surface area contributed by atoms with Crippen LogP contribution in [0.25, 0.3) is 0 Å². The lowest BCUT2D eigenvalue weighted by Crippen LogP contribution is -2.58.